The van der Waals surface area contributed by atoms with Gasteiger partial charge in [-0.05, 0) is 67.3 Å². The van der Waals surface area contributed by atoms with Gasteiger partial charge in [-0.15, -0.1) is 6.42 Å². The number of alkyl halides is 1. The average Bonchev–Trinajstić information content (AvgIpc) is 3.47. The zero-order valence-electron chi connectivity index (χ0n) is 25.3. The smallest absolute Gasteiger partial charge is 0.319 e. The molecule has 7 rings (SSSR count). The predicted octanol–water partition coefficient (Wildman–Crippen LogP) is 5.94. The second-order valence-electron chi connectivity index (χ2n) is 13.2. The van der Waals surface area contributed by atoms with Crippen LogP contribution < -0.4 is 15.4 Å². The van der Waals surface area contributed by atoms with Crippen LogP contribution in [0.25, 0.3) is 32.8 Å². The molecule has 3 aromatic carbocycles. The summed E-state index contributed by atoms with van der Waals surface area (Å²) >= 11 is 0. The highest BCUT2D eigenvalue weighted by molar-refractivity contribution is 6.04. The molecule has 0 bridgehead atoms. The molecule has 2 saturated heterocycles. The molecule has 7 nitrogen and oxygen atoms in total. The first kappa shape index (κ1) is 29.6. The average molecular weight is 616 g/mol. The summed E-state index contributed by atoms with van der Waals surface area (Å²) < 4.78 is 53.8. The zero-order valence-corrected chi connectivity index (χ0v) is 25.3. The number of phenolic OH excluding ortho intramolecular Hbond substituents is 1. The van der Waals surface area contributed by atoms with Crippen molar-refractivity contribution >= 4 is 27.5 Å². The standard InChI is InChI=1S/C35H36F3N5O2/c1-3-21-6-4-7-22-14-24(44)15-25(28(21)22)29-27(37)16-26-31(30(29)38)40-33(41-32(26)42(13-11-39)19-34(2)9-10-34)45-20-35-8-5-12-43(35)18-23(36)17-35/h1,4,6-7,14-16,23,44H,5,8-13,17-20,39H2,2H3/t23?,35-/m0/s1. The molecule has 2 atom stereocenters. The van der Waals surface area contributed by atoms with Gasteiger partial charge in [0.25, 0.3) is 0 Å². The van der Waals surface area contributed by atoms with Crippen LogP contribution in [0.5, 0.6) is 11.8 Å². The van der Waals surface area contributed by atoms with Gasteiger partial charge in [0.05, 0.1) is 11.1 Å². The fourth-order valence-corrected chi connectivity index (χ4v) is 7.34. The van der Waals surface area contributed by atoms with Gasteiger partial charge in [0.15, 0.2) is 5.82 Å². The van der Waals surface area contributed by atoms with E-state index in [1.807, 2.05) is 4.90 Å². The summed E-state index contributed by atoms with van der Waals surface area (Å²) in [6, 6.07) is 9.12. The van der Waals surface area contributed by atoms with Crippen LogP contribution >= 0.6 is 0 Å². The quantitative estimate of drug-likeness (QED) is 0.226. The normalized spacial score (nSPS) is 22.1. The van der Waals surface area contributed by atoms with Crippen molar-refractivity contribution in [2.24, 2.45) is 11.1 Å². The van der Waals surface area contributed by atoms with Crippen LogP contribution in [-0.2, 0) is 0 Å². The highest BCUT2D eigenvalue weighted by Crippen LogP contribution is 2.47. The fourth-order valence-electron chi connectivity index (χ4n) is 7.34. The number of aromatic hydroxyl groups is 1. The topological polar surface area (TPSA) is 87.7 Å². The van der Waals surface area contributed by atoms with Crippen LogP contribution in [0.4, 0.5) is 19.0 Å². The number of fused-ring (bicyclic) bond motifs is 3. The molecule has 1 saturated carbocycles. The van der Waals surface area contributed by atoms with E-state index in [9.17, 15) is 9.50 Å². The maximum absolute atomic E-state index is 16.9. The van der Waals surface area contributed by atoms with Crippen LogP contribution in [-0.4, -0.2) is 71.0 Å². The zero-order chi connectivity index (χ0) is 31.5. The van der Waals surface area contributed by atoms with Crippen molar-refractivity contribution in [1.82, 2.24) is 14.9 Å². The molecule has 1 aliphatic carbocycles. The second kappa shape index (κ2) is 11.1. The largest absolute Gasteiger partial charge is 0.508 e. The van der Waals surface area contributed by atoms with Crippen LogP contribution in [0.2, 0.25) is 0 Å². The number of ether oxygens (including phenoxy) is 1. The van der Waals surface area contributed by atoms with Gasteiger partial charge in [-0.3, -0.25) is 4.90 Å². The molecule has 3 heterocycles. The Balaban J connectivity index is 1.41. The number of benzene rings is 3. The predicted molar refractivity (Wildman–Crippen MR) is 169 cm³/mol. The fraction of sp³-hybridized carbons (Fsp3) is 0.429. The molecule has 0 amide bonds. The molecule has 2 aliphatic heterocycles. The van der Waals surface area contributed by atoms with Crippen molar-refractivity contribution in [3.05, 3.63) is 53.6 Å². The van der Waals surface area contributed by atoms with Gasteiger partial charge in [0.2, 0.25) is 0 Å². The lowest BCUT2D eigenvalue weighted by atomic mass is 9.93. The summed E-state index contributed by atoms with van der Waals surface area (Å²) in [7, 11) is 0. The Hall–Kier alpha value is -4.07. The minimum Gasteiger partial charge on any atom is -0.508 e. The summed E-state index contributed by atoms with van der Waals surface area (Å²) in [5.41, 5.74) is 5.65. The number of hydrogen-bond acceptors (Lipinski definition) is 7. The number of terminal acetylenes is 1. The van der Waals surface area contributed by atoms with E-state index in [-0.39, 0.29) is 45.8 Å². The minimum absolute atomic E-state index is 0.0416. The lowest BCUT2D eigenvalue weighted by Gasteiger charge is -2.31. The Kier molecular flexibility index (Phi) is 7.29. The summed E-state index contributed by atoms with van der Waals surface area (Å²) in [5, 5.41) is 11.7. The summed E-state index contributed by atoms with van der Waals surface area (Å²) in [6.07, 6.45) is 8.98. The maximum Gasteiger partial charge on any atom is 0.319 e. The maximum atomic E-state index is 16.9. The number of hydrogen-bond donors (Lipinski definition) is 2. The molecule has 0 spiro atoms. The van der Waals surface area contributed by atoms with Crippen molar-refractivity contribution in [2.75, 3.05) is 44.2 Å². The van der Waals surface area contributed by atoms with E-state index in [4.69, 9.17) is 21.9 Å². The van der Waals surface area contributed by atoms with Crippen LogP contribution in [0.15, 0.2) is 36.4 Å². The van der Waals surface area contributed by atoms with Gasteiger partial charge in [0, 0.05) is 54.5 Å². The van der Waals surface area contributed by atoms with Crippen molar-refractivity contribution in [1.29, 1.82) is 0 Å². The van der Waals surface area contributed by atoms with Crippen molar-refractivity contribution in [3.63, 3.8) is 0 Å². The summed E-state index contributed by atoms with van der Waals surface area (Å²) in [4.78, 5) is 13.3. The lowest BCUT2D eigenvalue weighted by Crippen LogP contribution is -2.43. The minimum atomic E-state index is -0.936. The molecule has 1 aromatic heterocycles. The Labute approximate surface area is 260 Å². The number of anilines is 1. The number of halogens is 3. The molecular weight excluding hydrogens is 579 g/mol. The van der Waals surface area contributed by atoms with Gasteiger partial charge in [-0.1, -0.05) is 25.0 Å². The number of phenols is 1. The summed E-state index contributed by atoms with van der Waals surface area (Å²) in [6.45, 7) is 4.80. The van der Waals surface area contributed by atoms with Crippen molar-refractivity contribution < 1.29 is 23.0 Å². The Morgan fingerprint density at radius 1 is 1.20 bits per heavy atom. The van der Waals surface area contributed by atoms with Gasteiger partial charge in [-0.25, -0.2) is 13.2 Å². The van der Waals surface area contributed by atoms with Crippen LogP contribution in [0.3, 0.4) is 0 Å². The molecule has 1 unspecified atom stereocenters. The van der Waals surface area contributed by atoms with E-state index in [0.29, 0.717) is 54.8 Å². The van der Waals surface area contributed by atoms with E-state index < -0.39 is 23.3 Å². The molecule has 3 N–H and O–H groups in total. The molecule has 3 fully saturated rings. The van der Waals surface area contributed by atoms with E-state index in [0.717, 1.165) is 32.2 Å². The monoisotopic (exact) mass is 615 g/mol. The first-order valence-electron chi connectivity index (χ1n) is 15.5. The van der Waals surface area contributed by atoms with Crippen molar-refractivity contribution in [2.45, 2.75) is 50.7 Å². The lowest BCUT2D eigenvalue weighted by molar-refractivity contribution is 0.107. The molecule has 10 heteroatoms. The number of nitrogens with zero attached hydrogens (tertiary/aromatic N) is 4. The number of nitrogens with two attached hydrogens (primary N) is 1. The van der Waals surface area contributed by atoms with E-state index >= 15 is 8.78 Å². The van der Waals surface area contributed by atoms with Crippen molar-refractivity contribution in [3.8, 4) is 35.2 Å². The third kappa shape index (κ3) is 5.22. The first-order valence-corrected chi connectivity index (χ1v) is 15.5. The molecule has 45 heavy (non-hydrogen) atoms. The second-order valence-corrected chi connectivity index (χ2v) is 13.2. The van der Waals surface area contributed by atoms with E-state index in [1.54, 1.807) is 18.2 Å². The van der Waals surface area contributed by atoms with Gasteiger partial charge >= 0.3 is 6.01 Å². The Bertz CT molecular complexity index is 1860. The highest BCUT2D eigenvalue weighted by Gasteiger charge is 2.49. The Morgan fingerprint density at radius 3 is 2.78 bits per heavy atom. The van der Waals surface area contributed by atoms with Gasteiger partial charge < -0.3 is 20.5 Å². The molecule has 4 aromatic rings. The first-order chi connectivity index (χ1) is 21.6. The molecule has 3 aliphatic rings. The van der Waals surface area contributed by atoms with E-state index in [1.165, 1.54) is 18.2 Å². The van der Waals surface area contributed by atoms with Crippen LogP contribution in [0.1, 0.15) is 44.6 Å². The number of aromatic nitrogens is 2. The molecular formula is C35H36F3N5O2. The third-order valence-corrected chi connectivity index (χ3v) is 9.83. The molecule has 234 valence electrons. The SMILES string of the molecule is C#Cc1cccc2cc(O)cc(-c3c(F)cc4c(N(CCN)CC5(C)CC5)nc(OC[C@@]56CCCN5CC(F)C6)nc4c3F)c12. The van der Waals surface area contributed by atoms with Gasteiger partial charge in [-0.2, -0.15) is 9.97 Å². The summed E-state index contributed by atoms with van der Waals surface area (Å²) in [5.74, 6) is 0.998. The van der Waals surface area contributed by atoms with E-state index in [2.05, 4.69) is 22.7 Å². The third-order valence-electron chi connectivity index (χ3n) is 9.83. The van der Waals surface area contributed by atoms with Gasteiger partial charge in [0.1, 0.15) is 35.7 Å². The molecule has 0 radical (unpaired) electrons. The number of rotatable bonds is 9. The van der Waals surface area contributed by atoms with Crippen LogP contribution in [0, 0.1) is 29.4 Å². The Morgan fingerprint density at radius 2 is 2.02 bits per heavy atom. The highest BCUT2D eigenvalue weighted by atomic mass is 19.1.